The Hall–Kier alpha value is -1.29. The Kier molecular flexibility index (Phi) is 4.64. The molecule has 1 unspecified atom stereocenters. The summed E-state index contributed by atoms with van der Waals surface area (Å²) in [5, 5.41) is 3.85. The van der Waals surface area contributed by atoms with Gasteiger partial charge in [-0.25, -0.2) is 0 Å². The zero-order chi connectivity index (χ0) is 13.8. The van der Waals surface area contributed by atoms with Crippen LogP contribution in [0, 0.1) is 6.92 Å². The third-order valence-electron chi connectivity index (χ3n) is 3.08. The highest BCUT2D eigenvalue weighted by Crippen LogP contribution is 2.20. The van der Waals surface area contributed by atoms with E-state index in [0.717, 1.165) is 29.4 Å². The average Bonchev–Trinajstić information content (AvgIpc) is 2.81. The van der Waals surface area contributed by atoms with E-state index in [4.69, 9.17) is 4.42 Å². The Morgan fingerprint density at radius 1 is 1.42 bits per heavy atom. The summed E-state index contributed by atoms with van der Waals surface area (Å²) in [6.45, 7) is 4.79. The fourth-order valence-corrected chi connectivity index (χ4v) is 2.14. The van der Waals surface area contributed by atoms with Gasteiger partial charge >= 0.3 is 0 Å². The number of carbonyl (C=O) groups is 1. The van der Waals surface area contributed by atoms with Crippen LogP contribution >= 0.6 is 15.9 Å². The number of aryl methyl sites for hydroxylation is 1. The van der Waals surface area contributed by atoms with Crippen LogP contribution in [0.5, 0.6) is 0 Å². The summed E-state index contributed by atoms with van der Waals surface area (Å²) in [4.78, 5) is 12.4. The van der Waals surface area contributed by atoms with E-state index in [-0.39, 0.29) is 5.91 Å². The molecule has 1 heterocycles. The van der Waals surface area contributed by atoms with Gasteiger partial charge in [-0.2, -0.15) is 0 Å². The SMILES string of the molecule is CCC(Br)CCNC(=O)c1cc2cc(C)ccc2o1. The second-order valence-electron chi connectivity index (χ2n) is 4.70. The Morgan fingerprint density at radius 2 is 2.21 bits per heavy atom. The zero-order valence-corrected chi connectivity index (χ0v) is 12.8. The van der Waals surface area contributed by atoms with Gasteiger partial charge in [-0.3, -0.25) is 4.79 Å². The third-order valence-corrected chi connectivity index (χ3v) is 4.19. The number of benzene rings is 1. The van der Waals surface area contributed by atoms with Crippen molar-refractivity contribution in [3.63, 3.8) is 0 Å². The molecule has 2 rings (SSSR count). The van der Waals surface area contributed by atoms with Crippen LogP contribution in [0.25, 0.3) is 11.0 Å². The third kappa shape index (κ3) is 3.60. The van der Waals surface area contributed by atoms with Gasteiger partial charge in [0, 0.05) is 16.8 Å². The standard InChI is InChI=1S/C15H18BrNO2/c1-3-12(16)6-7-17-15(18)14-9-11-8-10(2)4-5-13(11)19-14/h4-5,8-9,12H,3,6-7H2,1-2H3,(H,17,18). The summed E-state index contributed by atoms with van der Waals surface area (Å²) in [7, 11) is 0. The van der Waals surface area contributed by atoms with Crippen molar-refractivity contribution in [2.24, 2.45) is 0 Å². The van der Waals surface area contributed by atoms with Crippen LogP contribution in [0.1, 0.15) is 35.9 Å². The second kappa shape index (κ2) is 6.24. The van der Waals surface area contributed by atoms with Crippen LogP contribution in [0.4, 0.5) is 0 Å². The number of nitrogens with one attached hydrogen (secondary N) is 1. The lowest BCUT2D eigenvalue weighted by Gasteiger charge is -2.06. The molecule has 0 aliphatic heterocycles. The second-order valence-corrected chi connectivity index (χ2v) is 6.00. The van der Waals surface area contributed by atoms with E-state index in [0.29, 0.717) is 17.1 Å². The fourth-order valence-electron chi connectivity index (χ4n) is 1.91. The molecule has 3 nitrogen and oxygen atoms in total. The van der Waals surface area contributed by atoms with Crippen molar-refractivity contribution in [1.82, 2.24) is 5.32 Å². The predicted octanol–water partition coefficient (Wildman–Crippen LogP) is 4.03. The maximum absolute atomic E-state index is 11.9. The topological polar surface area (TPSA) is 42.2 Å². The molecule has 4 heteroatoms. The van der Waals surface area contributed by atoms with Crippen LogP contribution in [0.15, 0.2) is 28.7 Å². The van der Waals surface area contributed by atoms with E-state index in [9.17, 15) is 4.79 Å². The van der Waals surface area contributed by atoms with Crippen molar-refractivity contribution < 1.29 is 9.21 Å². The Bertz CT molecular complexity index is 577. The highest BCUT2D eigenvalue weighted by atomic mass is 79.9. The van der Waals surface area contributed by atoms with Crippen molar-refractivity contribution in [2.45, 2.75) is 31.5 Å². The first-order chi connectivity index (χ1) is 9.10. The van der Waals surface area contributed by atoms with E-state index < -0.39 is 0 Å². The number of amides is 1. The molecule has 1 aromatic heterocycles. The Morgan fingerprint density at radius 3 is 2.95 bits per heavy atom. The van der Waals surface area contributed by atoms with Crippen LogP contribution in [-0.2, 0) is 0 Å². The van der Waals surface area contributed by atoms with E-state index >= 15 is 0 Å². The summed E-state index contributed by atoms with van der Waals surface area (Å²) in [6.07, 6.45) is 1.97. The summed E-state index contributed by atoms with van der Waals surface area (Å²) in [6, 6.07) is 7.68. The molecule has 1 aromatic carbocycles. The molecular weight excluding hydrogens is 306 g/mol. The average molecular weight is 324 g/mol. The number of fused-ring (bicyclic) bond motifs is 1. The lowest BCUT2D eigenvalue weighted by molar-refractivity contribution is 0.0927. The maximum atomic E-state index is 11.9. The molecule has 0 saturated carbocycles. The number of furan rings is 1. The predicted molar refractivity (Wildman–Crippen MR) is 80.9 cm³/mol. The van der Waals surface area contributed by atoms with E-state index in [2.05, 4.69) is 28.2 Å². The number of carbonyl (C=O) groups excluding carboxylic acids is 1. The Balaban J connectivity index is 2.01. The molecule has 0 aliphatic rings. The summed E-state index contributed by atoms with van der Waals surface area (Å²) >= 11 is 3.54. The lowest BCUT2D eigenvalue weighted by atomic mass is 10.2. The van der Waals surface area contributed by atoms with E-state index in [1.54, 1.807) is 6.07 Å². The van der Waals surface area contributed by atoms with Crippen molar-refractivity contribution in [1.29, 1.82) is 0 Å². The number of hydrogen-bond acceptors (Lipinski definition) is 2. The molecule has 0 spiro atoms. The maximum Gasteiger partial charge on any atom is 0.287 e. The zero-order valence-electron chi connectivity index (χ0n) is 11.2. The van der Waals surface area contributed by atoms with Crippen LogP contribution in [-0.4, -0.2) is 17.3 Å². The smallest absolute Gasteiger partial charge is 0.287 e. The van der Waals surface area contributed by atoms with Gasteiger partial charge in [0.05, 0.1) is 0 Å². The fraction of sp³-hybridized carbons (Fsp3) is 0.400. The van der Waals surface area contributed by atoms with Crippen molar-refractivity contribution in [2.75, 3.05) is 6.54 Å². The highest BCUT2D eigenvalue weighted by Gasteiger charge is 2.12. The quantitative estimate of drug-likeness (QED) is 0.844. The van der Waals surface area contributed by atoms with Gasteiger partial charge in [0.1, 0.15) is 5.58 Å². The minimum absolute atomic E-state index is 0.148. The molecule has 0 saturated heterocycles. The monoisotopic (exact) mass is 323 g/mol. The van der Waals surface area contributed by atoms with Crippen molar-refractivity contribution in [3.8, 4) is 0 Å². The van der Waals surface area contributed by atoms with Gasteiger partial charge in [-0.05, 0) is 38.0 Å². The molecule has 0 aliphatic carbocycles. The molecular formula is C15H18BrNO2. The molecule has 19 heavy (non-hydrogen) atoms. The van der Waals surface area contributed by atoms with Gasteiger partial charge in [-0.15, -0.1) is 0 Å². The summed E-state index contributed by atoms with van der Waals surface area (Å²) in [5.74, 6) is 0.230. The van der Waals surface area contributed by atoms with E-state index in [1.165, 1.54) is 0 Å². The molecule has 1 atom stereocenters. The highest BCUT2D eigenvalue weighted by molar-refractivity contribution is 9.09. The molecule has 2 aromatic rings. The first-order valence-electron chi connectivity index (χ1n) is 6.52. The van der Waals surface area contributed by atoms with Gasteiger partial charge in [-0.1, -0.05) is 34.5 Å². The molecule has 0 radical (unpaired) electrons. The normalized spacial score (nSPS) is 12.6. The van der Waals surface area contributed by atoms with E-state index in [1.807, 2.05) is 25.1 Å². The number of rotatable bonds is 5. The lowest BCUT2D eigenvalue weighted by Crippen LogP contribution is -2.25. The molecule has 1 N–H and O–H groups in total. The molecule has 0 bridgehead atoms. The largest absolute Gasteiger partial charge is 0.451 e. The minimum atomic E-state index is -0.148. The Labute approximate surface area is 121 Å². The van der Waals surface area contributed by atoms with Gasteiger partial charge in [0.2, 0.25) is 0 Å². The first kappa shape index (κ1) is 14.1. The molecule has 0 fully saturated rings. The number of halogens is 1. The minimum Gasteiger partial charge on any atom is -0.451 e. The number of hydrogen-bond donors (Lipinski definition) is 1. The van der Waals surface area contributed by atoms with Gasteiger partial charge in [0.15, 0.2) is 5.76 Å². The van der Waals surface area contributed by atoms with Gasteiger partial charge < -0.3 is 9.73 Å². The molecule has 102 valence electrons. The number of alkyl halides is 1. The summed E-state index contributed by atoms with van der Waals surface area (Å²) in [5.41, 5.74) is 1.91. The van der Waals surface area contributed by atoms with Crippen LogP contribution < -0.4 is 5.32 Å². The van der Waals surface area contributed by atoms with Crippen LogP contribution in [0.2, 0.25) is 0 Å². The summed E-state index contributed by atoms with van der Waals surface area (Å²) < 4.78 is 5.54. The first-order valence-corrected chi connectivity index (χ1v) is 7.44. The van der Waals surface area contributed by atoms with Crippen molar-refractivity contribution in [3.05, 3.63) is 35.6 Å². The van der Waals surface area contributed by atoms with Crippen LogP contribution in [0.3, 0.4) is 0 Å². The van der Waals surface area contributed by atoms with Gasteiger partial charge in [0.25, 0.3) is 5.91 Å². The molecule has 1 amide bonds. The van der Waals surface area contributed by atoms with Crippen molar-refractivity contribution >= 4 is 32.8 Å².